The number of nitrogens with one attached hydrogen (secondary N) is 1. The van der Waals surface area contributed by atoms with Crippen molar-refractivity contribution in [2.75, 3.05) is 18.5 Å². The molecular weight excluding hydrogens is 304 g/mol. The van der Waals surface area contributed by atoms with Gasteiger partial charge >= 0.3 is 0 Å². The maximum atomic E-state index is 12.3. The van der Waals surface area contributed by atoms with Crippen LogP contribution in [0.3, 0.4) is 0 Å². The summed E-state index contributed by atoms with van der Waals surface area (Å²) in [5.41, 5.74) is 2.93. The zero-order chi connectivity index (χ0) is 16.9. The zero-order valence-corrected chi connectivity index (χ0v) is 14.0. The first kappa shape index (κ1) is 16.5. The molecule has 0 bridgehead atoms. The number of hydrogen-bond donors (Lipinski definition) is 1. The molecule has 1 aliphatic heterocycles. The molecule has 0 aliphatic carbocycles. The molecule has 1 atom stereocenters. The Balaban J connectivity index is 1.58. The van der Waals surface area contributed by atoms with Gasteiger partial charge in [0.1, 0.15) is 12.4 Å². The van der Waals surface area contributed by atoms with E-state index in [0.29, 0.717) is 12.2 Å². The first-order valence-corrected chi connectivity index (χ1v) is 8.22. The first-order valence-electron chi connectivity index (χ1n) is 8.22. The predicted octanol–water partition coefficient (Wildman–Crippen LogP) is 3.51. The summed E-state index contributed by atoms with van der Waals surface area (Å²) in [6.07, 6.45) is 2.35. The highest BCUT2D eigenvalue weighted by atomic mass is 16.5. The van der Waals surface area contributed by atoms with Gasteiger partial charge in [-0.1, -0.05) is 0 Å². The molecule has 1 aliphatic rings. The van der Waals surface area contributed by atoms with E-state index in [1.165, 1.54) is 0 Å². The second-order valence-corrected chi connectivity index (χ2v) is 6.01. The molecule has 2 heterocycles. The van der Waals surface area contributed by atoms with Crippen molar-refractivity contribution in [2.45, 2.75) is 32.8 Å². The van der Waals surface area contributed by atoms with Gasteiger partial charge < -0.3 is 14.8 Å². The fraction of sp³-hybridized carbons (Fsp3) is 0.368. The number of rotatable bonds is 5. The molecule has 1 fully saturated rings. The normalized spacial score (nSPS) is 16.8. The van der Waals surface area contributed by atoms with Gasteiger partial charge in [0.15, 0.2) is 0 Å². The van der Waals surface area contributed by atoms with Gasteiger partial charge in [-0.15, -0.1) is 0 Å². The van der Waals surface area contributed by atoms with Crippen LogP contribution in [-0.4, -0.2) is 30.2 Å². The monoisotopic (exact) mass is 326 g/mol. The van der Waals surface area contributed by atoms with Crippen LogP contribution in [0.15, 0.2) is 36.4 Å². The van der Waals surface area contributed by atoms with Gasteiger partial charge in [0.05, 0.1) is 17.4 Å². The summed E-state index contributed by atoms with van der Waals surface area (Å²) in [6, 6.07) is 11.0. The highest BCUT2D eigenvalue weighted by Gasteiger charge is 2.16. The van der Waals surface area contributed by atoms with Crippen LogP contribution in [-0.2, 0) is 4.74 Å². The Kier molecular flexibility index (Phi) is 5.11. The van der Waals surface area contributed by atoms with Crippen molar-refractivity contribution in [3.8, 4) is 5.75 Å². The van der Waals surface area contributed by atoms with Gasteiger partial charge in [0.2, 0.25) is 0 Å². The molecule has 5 heteroatoms. The Morgan fingerprint density at radius 2 is 2.04 bits per heavy atom. The molecule has 0 saturated carbocycles. The lowest BCUT2D eigenvalue weighted by molar-refractivity contribution is 0.0679. The van der Waals surface area contributed by atoms with Gasteiger partial charge in [0.25, 0.3) is 5.91 Å². The summed E-state index contributed by atoms with van der Waals surface area (Å²) in [5, 5.41) is 2.88. The Bertz CT molecular complexity index is 707. The number of ether oxygens (including phenoxy) is 2. The average Bonchev–Trinajstić information content (AvgIpc) is 3.07. The molecule has 3 rings (SSSR count). The molecule has 1 unspecified atom stereocenters. The van der Waals surface area contributed by atoms with Crippen molar-refractivity contribution in [3.63, 3.8) is 0 Å². The number of aromatic nitrogens is 1. The third kappa shape index (κ3) is 4.11. The van der Waals surface area contributed by atoms with Gasteiger partial charge in [-0.25, -0.2) is 0 Å². The zero-order valence-electron chi connectivity index (χ0n) is 14.0. The molecule has 1 N–H and O–H groups in total. The second kappa shape index (κ2) is 7.45. The molecule has 5 nitrogen and oxygen atoms in total. The van der Waals surface area contributed by atoms with Crippen LogP contribution in [0.5, 0.6) is 5.75 Å². The molecule has 1 saturated heterocycles. The molecule has 1 aromatic carbocycles. The van der Waals surface area contributed by atoms with E-state index in [2.05, 4.69) is 10.3 Å². The summed E-state index contributed by atoms with van der Waals surface area (Å²) >= 11 is 0. The highest BCUT2D eigenvalue weighted by Crippen LogP contribution is 2.19. The number of anilines is 1. The Morgan fingerprint density at radius 1 is 1.25 bits per heavy atom. The Hall–Kier alpha value is -2.40. The van der Waals surface area contributed by atoms with Crippen LogP contribution in [0.25, 0.3) is 0 Å². The van der Waals surface area contributed by atoms with E-state index >= 15 is 0 Å². The number of pyridine rings is 1. The van der Waals surface area contributed by atoms with E-state index in [1.54, 1.807) is 6.07 Å². The smallest absolute Gasteiger partial charge is 0.257 e. The molecule has 0 radical (unpaired) electrons. The van der Waals surface area contributed by atoms with E-state index in [0.717, 1.165) is 42.3 Å². The number of carbonyl (C=O) groups is 1. The molecule has 1 amide bonds. The van der Waals surface area contributed by atoms with Crippen molar-refractivity contribution in [1.29, 1.82) is 0 Å². The number of nitrogens with zero attached hydrogens (tertiary/aromatic N) is 1. The van der Waals surface area contributed by atoms with Crippen LogP contribution in [0.4, 0.5) is 5.69 Å². The second-order valence-electron chi connectivity index (χ2n) is 6.01. The topological polar surface area (TPSA) is 60.5 Å². The minimum Gasteiger partial charge on any atom is -0.491 e. The van der Waals surface area contributed by atoms with Crippen molar-refractivity contribution >= 4 is 11.6 Å². The van der Waals surface area contributed by atoms with E-state index in [4.69, 9.17) is 9.47 Å². The summed E-state index contributed by atoms with van der Waals surface area (Å²) in [4.78, 5) is 16.7. The largest absolute Gasteiger partial charge is 0.491 e. The average molecular weight is 326 g/mol. The SMILES string of the molecule is Cc1ccc(C(=O)Nc2ccc(OCC3CCCO3)cc2)c(C)n1. The minimum atomic E-state index is -0.159. The molecule has 2 aromatic rings. The Morgan fingerprint density at radius 3 is 2.71 bits per heavy atom. The molecule has 1 aromatic heterocycles. The summed E-state index contributed by atoms with van der Waals surface area (Å²) in [5.74, 6) is 0.615. The van der Waals surface area contributed by atoms with Crippen LogP contribution >= 0.6 is 0 Å². The van der Waals surface area contributed by atoms with Gasteiger partial charge in [-0.05, 0) is 63.1 Å². The number of carbonyl (C=O) groups excluding carboxylic acids is 1. The predicted molar refractivity (Wildman–Crippen MR) is 92.6 cm³/mol. The third-order valence-electron chi connectivity index (χ3n) is 4.04. The van der Waals surface area contributed by atoms with Crippen molar-refractivity contribution < 1.29 is 14.3 Å². The van der Waals surface area contributed by atoms with E-state index in [-0.39, 0.29) is 12.0 Å². The molecular formula is C19H22N2O3. The first-order chi connectivity index (χ1) is 11.6. The number of benzene rings is 1. The van der Waals surface area contributed by atoms with Gasteiger partial charge in [-0.3, -0.25) is 9.78 Å². The van der Waals surface area contributed by atoms with E-state index < -0.39 is 0 Å². The molecule has 24 heavy (non-hydrogen) atoms. The van der Waals surface area contributed by atoms with Crippen LogP contribution in [0.2, 0.25) is 0 Å². The summed E-state index contributed by atoms with van der Waals surface area (Å²) < 4.78 is 11.3. The van der Waals surface area contributed by atoms with Gasteiger partial charge in [0, 0.05) is 18.0 Å². The standard InChI is InChI=1S/C19H22N2O3/c1-13-5-10-18(14(2)20-13)19(22)21-15-6-8-16(9-7-15)24-12-17-4-3-11-23-17/h5-10,17H,3-4,11-12H2,1-2H3,(H,21,22). The van der Waals surface area contributed by atoms with Crippen molar-refractivity contribution in [3.05, 3.63) is 53.3 Å². The van der Waals surface area contributed by atoms with Crippen LogP contribution in [0.1, 0.15) is 34.6 Å². The van der Waals surface area contributed by atoms with E-state index in [9.17, 15) is 4.79 Å². The number of amides is 1. The lowest BCUT2D eigenvalue weighted by Crippen LogP contribution is -2.16. The van der Waals surface area contributed by atoms with Gasteiger partial charge in [-0.2, -0.15) is 0 Å². The maximum absolute atomic E-state index is 12.3. The number of hydrogen-bond acceptors (Lipinski definition) is 4. The number of aryl methyl sites for hydroxylation is 2. The minimum absolute atomic E-state index is 0.159. The quantitative estimate of drug-likeness (QED) is 0.913. The van der Waals surface area contributed by atoms with Crippen molar-refractivity contribution in [2.24, 2.45) is 0 Å². The lowest BCUT2D eigenvalue weighted by atomic mass is 10.1. The Labute approximate surface area is 142 Å². The fourth-order valence-corrected chi connectivity index (χ4v) is 2.72. The van der Waals surface area contributed by atoms with E-state index in [1.807, 2.05) is 44.2 Å². The highest BCUT2D eigenvalue weighted by molar-refractivity contribution is 6.05. The summed E-state index contributed by atoms with van der Waals surface area (Å²) in [6.45, 7) is 5.14. The molecule has 0 spiro atoms. The van der Waals surface area contributed by atoms with Crippen molar-refractivity contribution in [1.82, 2.24) is 4.98 Å². The molecule has 126 valence electrons. The maximum Gasteiger partial charge on any atom is 0.257 e. The fourth-order valence-electron chi connectivity index (χ4n) is 2.72. The van der Waals surface area contributed by atoms with Crippen LogP contribution in [0, 0.1) is 13.8 Å². The van der Waals surface area contributed by atoms with Crippen LogP contribution < -0.4 is 10.1 Å². The summed E-state index contributed by atoms with van der Waals surface area (Å²) in [7, 11) is 0. The third-order valence-corrected chi connectivity index (χ3v) is 4.04. The lowest BCUT2D eigenvalue weighted by Gasteiger charge is -2.12.